The van der Waals surface area contributed by atoms with Gasteiger partial charge in [0.1, 0.15) is 0 Å². The summed E-state index contributed by atoms with van der Waals surface area (Å²) in [6.45, 7) is 2.18. The number of carbonyl (C=O) groups is 1. The van der Waals surface area contributed by atoms with Crippen LogP contribution in [0, 0.1) is 17.8 Å². The van der Waals surface area contributed by atoms with Gasteiger partial charge >= 0.3 is 5.97 Å². The number of rotatable bonds is 2. The summed E-state index contributed by atoms with van der Waals surface area (Å²) in [7, 11) is 1.46. The molecule has 5 unspecified atom stereocenters. The highest BCUT2D eigenvalue weighted by Gasteiger charge is 2.65. The van der Waals surface area contributed by atoms with Crippen LogP contribution in [-0.2, 0) is 14.3 Å². The van der Waals surface area contributed by atoms with Gasteiger partial charge in [-0.2, -0.15) is 0 Å². The van der Waals surface area contributed by atoms with Gasteiger partial charge < -0.3 is 9.47 Å². The molecule has 2 aliphatic carbocycles. The fourth-order valence-electron chi connectivity index (χ4n) is 4.23. The third kappa shape index (κ3) is 1.07. The summed E-state index contributed by atoms with van der Waals surface area (Å²) in [4.78, 5) is 11.6. The van der Waals surface area contributed by atoms with Gasteiger partial charge in [-0.3, -0.25) is 0 Å². The maximum atomic E-state index is 11.6. The molecule has 3 rings (SSSR count). The molecule has 0 aromatic carbocycles. The predicted octanol–water partition coefficient (Wildman–Crippen LogP) is 1.75. The van der Waals surface area contributed by atoms with Crippen molar-refractivity contribution in [2.75, 3.05) is 7.11 Å². The van der Waals surface area contributed by atoms with Crippen LogP contribution < -0.4 is 0 Å². The van der Waals surface area contributed by atoms with Crippen molar-refractivity contribution in [3.8, 4) is 0 Å². The maximum Gasteiger partial charge on any atom is 0.335 e. The van der Waals surface area contributed by atoms with E-state index >= 15 is 0 Å². The average molecular weight is 210 g/mol. The predicted molar refractivity (Wildman–Crippen MR) is 54.2 cm³/mol. The molecule has 2 saturated carbocycles. The Hall–Kier alpha value is -0.570. The summed E-state index contributed by atoms with van der Waals surface area (Å²) in [6, 6.07) is 0. The number of hydrogen-bond donors (Lipinski definition) is 0. The summed E-state index contributed by atoms with van der Waals surface area (Å²) in [5.41, 5.74) is 0.0203. The first-order valence-corrected chi connectivity index (χ1v) is 5.96. The molecule has 0 spiro atoms. The molecule has 0 aromatic heterocycles. The molecule has 3 aliphatic rings. The van der Waals surface area contributed by atoms with Gasteiger partial charge in [0.25, 0.3) is 0 Å². The van der Waals surface area contributed by atoms with Crippen LogP contribution in [0.5, 0.6) is 0 Å². The lowest BCUT2D eigenvalue weighted by molar-refractivity contribution is -0.159. The van der Waals surface area contributed by atoms with Crippen molar-refractivity contribution in [2.24, 2.45) is 17.8 Å². The minimum atomic E-state index is -0.271. The van der Waals surface area contributed by atoms with Crippen molar-refractivity contribution in [1.29, 1.82) is 0 Å². The van der Waals surface area contributed by atoms with Crippen molar-refractivity contribution in [3.05, 3.63) is 0 Å². The third-order valence-electron chi connectivity index (χ3n) is 4.80. The first-order valence-electron chi connectivity index (χ1n) is 5.96. The van der Waals surface area contributed by atoms with E-state index in [1.165, 1.54) is 20.0 Å². The summed E-state index contributed by atoms with van der Waals surface area (Å²) in [6.07, 6.45) is 4.38. The van der Waals surface area contributed by atoms with Gasteiger partial charge in [-0.1, -0.05) is 6.92 Å². The van der Waals surface area contributed by atoms with E-state index in [1.54, 1.807) is 0 Å². The van der Waals surface area contributed by atoms with E-state index in [9.17, 15) is 4.79 Å². The van der Waals surface area contributed by atoms with E-state index in [0.717, 1.165) is 18.8 Å². The van der Waals surface area contributed by atoms with Crippen LogP contribution in [0.25, 0.3) is 0 Å². The number of methoxy groups -OCH3 is 1. The molecular formula is C12H18O3. The topological polar surface area (TPSA) is 35.5 Å². The largest absolute Gasteiger partial charge is 0.467 e. The Morgan fingerprint density at radius 2 is 2.33 bits per heavy atom. The number of esters is 1. The zero-order valence-corrected chi connectivity index (χ0v) is 9.36. The monoisotopic (exact) mass is 210 g/mol. The first kappa shape index (κ1) is 9.64. The van der Waals surface area contributed by atoms with Gasteiger partial charge in [-0.25, -0.2) is 4.79 Å². The zero-order valence-electron chi connectivity index (χ0n) is 9.36. The van der Waals surface area contributed by atoms with E-state index in [4.69, 9.17) is 9.47 Å². The van der Waals surface area contributed by atoms with Crippen LogP contribution in [0.2, 0.25) is 0 Å². The molecule has 2 bridgehead atoms. The van der Waals surface area contributed by atoms with Crippen molar-refractivity contribution in [2.45, 2.75) is 44.3 Å². The van der Waals surface area contributed by atoms with Crippen molar-refractivity contribution in [1.82, 2.24) is 0 Å². The van der Waals surface area contributed by atoms with E-state index < -0.39 is 0 Å². The van der Waals surface area contributed by atoms with Gasteiger partial charge in [0, 0.05) is 5.92 Å². The molecule has 0 aromatic rings. The lowest BCUT2D eigenvalue weighted by atomic mass is 9.77. The van der Waals surface area contributed by atoms with Crippen LogP contribution in [-0.4, -0.2) is 24.8 Å². The Morgan fingerprint density at radius 1 is 1.53 bits per heavy atom. The van der Waals surface area contributed by atoms with Gasteiger partial charge in [0.2, 0.25) is 0 Å². The second-order valence-corrected chi connectivity index (χ2v) is 5.29. The van der Waals surface area contributed by atoms with Crippen LogP contribution in [0.1, 0.15) is 32.6 Å². The third-order valence-corrected chi connectivity index (χ3v) is 4.80. The summed E-state index contributed by atoms with van der Waals surface area (Å²) >= 11 is 0. The van der Waals surface area contributed by atoms with E-state index in [1.807, 2.05) is 0 Å². The minimum Gasteiger partial charge on any atom is -0.467 e. The lowest BCUT2D eigenvalue weighted by Crippen LogP contribution is -2.33. The first-order chi connectivity index (χ1) is 7.20. The molecule has 5 atom stereocenters. The number of hydrogen-bond acceptors (Lipinski definition) is 3. The van der Waals surface area contributed by atoms with E-state index in [0.29, 0.717) is 11.8 Å². The highest BCUT2D eigenvalue weighted by molar-refractivity contribution is 5.75. The Kier molecular flexibility index (Phi) is 1.91. The van der Waals surface area contributed by atoms with Crippen molar-refractivity contribution in [3.63, 3.8) is 0 Å². The molecule has 0 radical (unpaired) electrons. The molecule has 3 heteroatoms. The molecule has 1 aliphatic heterocycles. The average Bonchev–Trinajstić information content (AvgIpc) is 2.83. The van der Waals surface area contributed by atoms with Crippen molar-refractivity contribution >= 4 is 5.97 Å². The molecule has 3 nitrogen and oxygen atoms in total. The Bertz CT molecular complexity index is 301. The summed E-state index contributed by atoms with van der Waals surface area (Å²) in [5, 5.41) is 0. The molecule has 0 N–H and O–H groups in total. The molecule has 0 amide bonds. The number of carbonyl (C=O) groups excluding carboxylic acids is 1. The Morgan fingerprint density at radius 3 is 2.87 bits per heavy atom. The molecule has 1 saturated heterocycles. The Balaban J connectivity index is 1.90. The standard InChI is InChI=1S/C12H18O3/c1-3-12-6-7-4-8(9(12)5-7)10(15-12)11(13)14-2/h7-10H,3-6H2,1-2H3. The SMILES string of the molecule is CCC12CC3CC(C(C(=O)OC)O1)C2C3. The fourth-order valence-corrected chi connectivity index (χ4v) is 4.23. The summed E-state index contributed by atoms with van der Waals surface area (Å²) < 4.78 is 10.9. The van der Waals surface area contributed by atoms with E-state index in [-0.39, 0.29) is 17.7 Å². The number of ether oxygens (including phenoxy) is 2. The Labute approximate surface area is 90.1 Å². The molecule has 15 heavy (non-hydrogen) atoms. The second-order valence-electron chi connectivity index (χ2n) is 5.29. The second kappa shape index (κ2) is 2.97. The maximum absolute atomic E-state index is 11.6. The normalized spacial score (nSPS) is 51.1. The quantitative estimate of drug-likeness (QED) is 0.651. The van der Waals surface area contributed by atoms with E-state index in [2.05, 4.69) is 6.92 Å². The van der Waals surface area contributed by atoms with Crippen LogP contribution >= 0.6 is 0 Å². The highest BCUT2D eigenvalue weighted by Crippen LogP contribution is 2.63. The molecular weight excluding hydrogens is 192 g/mol. The van der Waals surface area contributed by atoms with Gasteiger partial charge in [-0.15, -0.1) is 0 Å². The zero-order chi connectivity index (χ0) is 10.6. The summed E-state index contributed by atoms with van der Waals surface area (Å²) in [5.74, 6) is 1.70. The number of fused-ring (bicyclic) bond motifs is 1. The fraction of sp³-hybridized carbons (Fsp3) is 0.917. The van der Waals surface area contributed by atoms with Crippen LogP contribution in [0.3, 0.4) is 0 Å². The minimum absolute atomic E-state index is 0.0203. The smallest absolute Gasteiger partial charge is 0.335 e. The highest BCUT2D eigenvalue weighted by atomic mass is 16.6. The molecule has 1 heterocycles. The van der Waals surface area contributed by atoms with Crippen molar-refractivity contribution < 1.29 is 14.3 Å². The lowest BCUT2D eigenvalue weighted by Gasteiger charge is -2.30. The van der Waals surface area contributed by atoms with Gasteiger partial charge in [0.05, 0.1) is 12.7 Å². The molecule has 3 fully saturated rings. The van der Waals surface area contributed by atoms with Crippen LogP contribution in [0.4, 0.5) is 0 Å². The van der Waals surface area contributed by atoms with Gasteiger partial charge in [-0.05, 0) is 37.5 Å². The van der Waals surface area contributed by atoms with Gasteiger partial charge in [0.15, 0.2) is 6.10 Å². The molecule has 84 valence electrons. The van der Waals surface area contributed by atoms with Crippen LogP contribution in [0.15, 0.2) is 0 Å².